The molecule has 0 amide bonds. The van der Waals surface area contributed by atoms with Gasteiger partial charge in [-0.3, -0.25) is 9.36 Å². The molecule has 0 unspecified atom stereocenters. The molecule has 0 atom stereocenters. The van der Waals surface area contributed by atoms with Gasteiger partial charge in [0, 0.05) is 25.0 Å². The molecule has 1 aromatic carbocycles. The van der Waals surface area contributed by atoms with E-state index in [2.05, 4.69) is 0 Å². The Morgan fingerprint density at radius 3 is 2.53 bits per heavy atom. The smallest absolute Gasteiger partial charge is 0.302 e. The van der Waals surface area contributed by atoms with E-state index in [4.69, 9.17) is 0 Å². The first-order valence-electron chi connectivity index (χ1n) is 4.52. The van der Waals surface area contributed by atoms with Crippen LogP contribution in [-0.4, -0.2) is 15.4 Å². The number of rotatable bonds is 2. The summed E-state index contributed by atoms with van der Waals surface area (Å²) in [6.07, 6.45) is 4.04. The van der Waals surface area contributed by atoms with Crippen molar-refractivity contribution in [2.75, 3.05) is 0 Å². The maximum atomic E-state index is 11.6. The van der Waals surface area contributed by atoms with Crippen molar-refractivity contribution in [2.24, 2.45) is 7.05 Å². The van der Waals surface area contributed by atoms with E-state index in [1.807, 2.05) is 0 Å². The molecule has 0 saturated carbocycles. The number of aromatic nitrogens is 2. The van der Waals surface area contributed by atoms with Gasteiger partial charge in [-0.05, 0) is 12.1 Å². The van der Waals surface area contributed by atoms with E-state index in [0.717, 1.165) is 6.29 Å². The summed E-state index contributed by atoms with van der Waals surface area (Å²) in [6.45, 7) is 0. The van der Waals surface area contributed by atoms with Gasteiger partial charge in [0.1, 0.15) is 0 Å². The van der Waals surface area contributed by atoms with Crippen molar-refractivity contribution in [2.45, 2.75) is 0 Å². The minimum absolute atomic E-state index is 0.163. The predicted molar refractivity (Wildman–Crippen MR) is 56.4 cm³/mol. The van der Waals surface area contributed by atoms with Crippen LogP contribution < -0.4 is 5.69 Å². The van der Waals surface area contributed by atoms with Crippen LogP contribution in [0.3, 0.4) is 0 Å². The number of aryl methyl sites for hydroxylation is 1. The summed E-state index contributed by atoms with van der Waals surface area (Å²) in [4.78, 5) is 22.4. The van der Waals surface area contributed by atoms with Gasteiger partial charge in [-0.25, -0.2) is 4.79 Å². The second-order valence-corrected chi connectivity index (χ2v) is 3.24. The molecule has 4 heteroatoms. The average molecular weight is 202 g/mol. The first-order chi connectivity index (χ1) is 7.24. The van der Waals surface area contributed by atoms with Crippen molar-refractivity contribution >= 4 is 6.29 Å². The Morgan fingerprint density at radius 1 is 1.20 bits per heavy atom. The minimum Gasteiger partial charge on any atom is -0.302 e. The van der Waals surface area contributed by atoms with Gasteiger partial charge in [-0.1, -0.05) is 12.1 Å². The van der Waals surface area contributed by atoms with E-state index in [1.165, 1.54) is 9.13 Å². The number of aldehydes is 1. The molecule has 0 aliphatic rings. The molecule has 0 aliphatic carbocycles. The van der Waals surface area contributed by atoms with Gasteiger partial charge in [0.05, 0.1) is 5.69 Å². The molecule has 0 fully saturated rings. The van der Waals surface area contributed by atoms with Gasteiger partial charge >= 0.3 is 5.69 Å². The molecule has 2 aromatic rings. The van der Waals surface area contributed by atoms with E-state index < -0.39 is 0 Å². The van der Waals surface area contributed by atoms with Gasteiger partial charge in [0.25, 0.3) is 0 Å². The van der Waals surface area contributed by atoms with Crippen molar-refractivity contribution in [1.29, 1.82) is 0 Å². The Hall–Kier alpha value is -2.10. The van der Waals surface area contributed by atoms with E-state index >= 15 is 0 Å². The van der Waals surface area contributed by atoms with E-state index in [1.54, 1.807) is 43.7 Å². The van der Waals surface area contributed by atoms with Crippen molar-refractivity contribution < 1.29 is 4.79 Å². The molecular formula is C11H10N2O2. The third-order valence-electron chi connectivity index (χ3n) is 2.27. The van der Waals surface area contributed by atoms with E-state index in [-0.39, 0.29) is 5.69 Å². The third-order valence-corrected chi connectivity index (χ3v) is 2.27. The van der Waals surface area contributed by atoms with E-state index in [0.29, 0.717) is 11.3 Å². The van der Waals surface area contributed by atoms with Crippen LogP contribution in [0.1, 0.15) is 10.4 Å². The lowest BCUT2D eigenvalue weighted by Crippen LogP contribution is -2.21. The molecular weight excluding hydrogens is 192 g/mol. The maximum Gasteiger partial charge on any atom is 0.332 e. The molecule has 0 spiro atoms. The number of carbonyl (C=O) groups excluding carboxylic acids is 1. The number of carbonyl (C=O) groups is 1. The highest BCUT2D eigenvalue weighted by molar-refractivity contribution is 5.80. The number of hydrogen-bond acceptors (Lipinski definition) is 2. The van der Waals surface area contributed by atoms with E-state index in [9.17, 15) is 9.59 Å². The number of nitrogens with zero attached hydrogens (tertiary/aromatic N) is 2. The lowest BCUT2D eigenvalue weighted by atomic mass is 10.2. The molecule has 0 N–H and O–H groups in total. The largest absolute Gasteiger partial charge is 0.332 e. The summed E-state index contributed by atoms with van der Waals surface area (Å²) in [7, 11) is 1.67. The fourth-order valence-corrected chi connectivity index (χ4v) is 1.45. The first kappa shape index (κ1) is 9.45. The summed E-state index contributed by atoms with van der Waals surface area (Å²) in [5.41, 5.74) is 0.952. The highest BCUT2D eigenvalue weighted by Crippen LogP contribution is 2.09. The average Bonchev–Trinajstić information content (AvgIpc) is 2.60. The molecule has 2 rings (SSSR count). The number of imidazole rings is 1. The topological polar surface area (TPSA) is 44.0 Å². The zero-order valence-electron chi connectivity index (χ0n) is 8.25. The lowest BCUT2D eigenvalue weighted by molar-refractivity contribution is 0.112. The van der Waals surface area contributed by atoms with Crippen LogP contribution >= 0.6 is 0 Å². The molecule has 76 valence electrons. The number of para-hydroxylation sites is 1. The van der Waals surface area contributed by atoms with Crippen molar-refractivity contribution in [3.63, 3.8) is 0 Å². The summed E-state index contributed by atoms with van der Waals surface area (Å²) in [6, 6.07) is 6.98. The standard InChI is InChI=1S/C11H10N2O2/c1-12-6-7-13(11(12)15)10-5-3-2-4-9(10)8-14/h2-8H,1H3. The van der Waals surface area contributed by atoms with Crippen LogP contribution in [0.2, 0.25) is 0 Å². The maximum absolute atomic E-state index is 11.6. The minimum atomic E-state index is -0.163. The normalized spacial score (nSPS) is 10.2. The summed E-state index contributed by atoms with van der Waals surface area (Å²) < 4.78 is 2.91. The SMILES string of the molecule is Cn1ccn(-c2ccccc2C=O)c1=O. The molecule has 0 bridgehead atoms. The Balaban J connectivity index is 2.69. The molecule has 1 heterocycles. The lowest BCUT2D eigenvalue weighted by Gasteiger charge is -2.03. The zero-order chi connectivity index (χ0) is 10.8. The molecule has 1 aromatic heterocycles. The Kier molecular flexibility index (Phi) is 2.25. The highest BCUT2D eigenvalue weighted by atomic mass is 16.1. The monoisotopic (exact) mass is 202 g/mol. The fourth-order valence-electron chi connectivity index (χ4n) is 1.45. The number of benzene rings is 1. The third kappa shape index (κ3) is 1.50. The molecule has 15 heavy (non-hydrogen) atoms. The highest BCUT2D eigenvalue weighted by Gasteiger charge is 2.06. The van der Waals surface area contributed by atoms with Crippen LogP contribution in [0.4, 0.5) is 0 Å². The van der Waals surface area contributed by atoms with Crippen LogP contribution in [0, 0.1) is 0 Å². The Morgan fingerprint density at radius 2 is 1.93 bits per heavy atom. The van der Waals surface area contributed by atoms with Gasteiger partial charge in [-0.2, -0.15) is 0 Å². The predicted octanol–water partition coefficient (Wildman–Crippen LogP) is 0.988. The van der Waals surface area contributed by atoms with Crippen LogP contribution in [0.5, 0.6) is 0 Å². The fraction of sp³-hybridized carbons (Fsp3) is 0.0909. The quantitative estimate of drug-likeness (QED) is 0.681. The Labute approximate surface area is 86.4 Å². The second-order valence-electron chi connectivity index (χ2n) is 3.24. The number of hydrogen-bond donors (Lipinski definition) is 0. The molecule has 0 saturated heterocycles. The molecule has 0 radical (unpaired) electrons. The summed E-state index contributed by atoms with van der Waals surface area (Å²) >= 11 is 0. The van der Waals surface area contributed by atoms with Crippen LogP contribution in [0.25, 0.3) is 5.69 Å². The van der Waals surface area contributed by atoms with Crippen molar-refractivity contribution in [3.8, 4) is 5.69 Å². The molecule has 0 aliphatic heterocycles. The first-order valence-corrected chi connectivity index (χ1v) is 4.52. The van der Waals surface area contributed by atoms with Crippen molar-refractivity contribution in [1.82, 2.24) is 9.13 Å². The van der Waals surface area contributed by atoms with Gasteiger partial charge in [0.2, 0.25) is 0 Å². The summed E-state index contributed by atoms with van der Waals surface area (Å²) in [5, 5.41) is 0. The zero-order valence-corrected chi connectivity index (χ0v) is 8.25. The Bertz CT molecular complexity index is 552. The van der Waals surface area contributed by atoms with Gasteiger partial charge in [-0.15, -0.1) is 0 Å². The van der Waals surface area contributed by atoms with Crippen LogP contribution in [0.15, 0.2) is 41.5 Å². The molecule has 4 nitrogen and oxygen atoms in total. The van der Waals surface area contributed by atoms with Crippen LogP contribution in [-0.2, 0) is 7.05 Å². The summed E-state index contributed by atoms with van der Waals surface area (Å²) in [5.74, 6) is 0. The second kappa shape index (κ2) is 3.57. The van der Waals surface area contributed by atoms with Gasteiger partial charge in [0.15, 0.2) is 6.29 Å². The van der Waals surface area contributed by atoms with Gasteiger partial charge < -0.3 is 4.57 Å². The van der Waals surface area contributed by atoms with Crippen molar-refractivity contribution in [3.05, 3.63) is 52.7 Å².